The smallest absolute Gasteiger partial charge is 0.319 e. The minimum absolute atomic E-state index is 0.163. The number of carbonyl (C=O) groups excluding carboxylic acids is 1. The van der Waals surface area contributed by atoms with E-state index in [-0.39, 0.29) is 11.4 Å². The zero-order valence-electron chi connectivity index (χ0n) is 11.2. The summed E-state index contributed by atoms with van der Waals surface area (Å²) >= 11 is 0. The Morgan fingerprint density at radius 1 is 1.38 bits per heavy atom. The molecule has 0 radical (unpaired) electrons. The average molecular weight is 227 g/mol. The number of urea groups is 1. The molecular formula is C12H25N3O. The molecule has 1 atom stereocenters. The molecule has 16 heavy (non-hydrogen) atoms. The summed E-state index contributed by atoms with van der Waals surface area (Å²) in [6, 6.07) is 0.499. The summed E-state index contributed by atoms with van der Waals surface area (Å²) in [5, 5.41) is 3.31. The van der Waals surface area contributed by atoms with Crippen LogP contribution in [0.3, 0.4) is 0 Å². The van der Waals surface area contributed by atoms with Crippen molar-refractivity contribution in [2.75, 3.05) is 33.7 Å². The van der Waals surface area contributed by atoms with Crippen molar-refractivity contribution in [3.63, 3.8) is 0 Å². The zero-order chi connectivity index (χ0) is 12.3. The Bertz CT molecular complexity index is 247. The quantitative estimate of drug-likeness (QED) is 0.790. The van der Waals surface area contributed by atoms with Crippen LogP contribution in [0.15, 0.2) is 0 Å². The van der Waals surface area contributed by atoms with E-state index >= 15 is 0 Å². The fourth-order valence-electron chi connectivity index (χ4n) is 2.12. The molecule has 1 saturated heterocycles. The Balaban J connectivity index is 2.61. The number of hydrogen-bond donors (Lipinski definition) is 1. The maximum atomic E-state index is 11.9. The lowest BCUT2D eigenvalue weighted by Gasteiger charge is -2.39. The minimum atomic E-state index is 0.163. The Kier molecular flexibility index (Phi) is 4.19. The molecule has 0 saturated carbocycles. The Morgan fingerprint density at radius 2 is 2.00 bits per heavy atom. The largest absolute Gasteiger partial charge is 0.328 e. The first-order valence-electron chi connectivity index (χ1n) is 6.03. The van der Waals surface area contributed by atoms with Crippen LogP contribution < -0.4 is 5.32 Å². The first kappa shape index (κ1) is 13.3. The summed E-state index contributed by atoms with van der Waals surface area (Å²) in [6.45, 7) is 9.17. The maximum Gasteiger partial charge on any atom is 0.319 e. The van der Waals surface area contributed by atoms with Crippen LogP contribution in [0.25, 0.3) is 0 Å². The first-order chi connectivity index (χ1) is 7.36. The van der Waals surface area contributed by atoms with Gasteiger partial charge in [0.1, 0.15) is 0 Å². The number of carbonyl (C=O) groups is 1. The number of likely N-dealkylation sites (N-methyl/N-ethyl adjacent to an activating group) is 1. The van der Waals surface area contributed by atoms with E-state index in [0.29, 0.717) is 6.04 Å². The van der Waals surface area contributed by atoms with E-state index in [1.54, 1.807) is 4.90 Å². The van der Waals surface area contributed by atoms with Crippen molar-refractivity contribution in [3.8, 4) is 0 Å². The van der Waals surface area contributed by atoms with E-state index in [9.17, 15) is 4.79 Å². The molecular weight excluding hydrogens is 202 g/mol. The highest BCUT2D eigenvalue weighted by molar-refractivity contribution is 5.74. The zero-order valence-corrected chi connectivity index (χ0v) is 11.2. The second-order valence-corrected chi connectivity index (χ2v) is 5.71. The van der Waals surface area contributed by atoms with Gasteiger partial charge in [-0.3, -0.25) is 0 Å². The fraction of sp³-hybridized carbons (Fsp3) is 0.917. The number of nitrogens with zero attached hydrogens (tertiary/aromatic N) is 2. The highest BCUT2D eigenvalue weighted by Crippen LogP contribution is 2.21. The molecule has 0 spiro atoms. The van der Waals surface area contributed by atoms with Crippen LogP contribution in [0.5, 0.6) is 0 Å². The van der Waals surface area contributed by atoms with E-state index in [1.807, 2.05) is 19.0 Å². The van der Waals surface area contributed by atoms with Gasteiger partial charge in [0.05, 0.1) is 0 Å². The third-order valence-electron chi connectivity index (χ3n) is 3.32. The Hall–Kier alpha value is -0.770. The van der Waals surface area contributed by atoms with Crippen LogP contribution in [0.4, 0.5) is 4.79 Å². The van der Waals surface area contributed by atoms with Crippen LogP contribution in [0.1, 0.15) is 27.2 Å². The van der Waals surface area contributed by atoms with Crippen molar-refractivity contribution in [1.29, 1.82) is 0 Å². The van der Waals surface area contributed by atoms with Crippen LogP contribution in [-0.4, -0.2) is 55.6 Å². The molecule has 1 aliphatic rings. The van der Waals surface area contributed by atoms with Gasteiger partial charge in [0, 0.05) is 32.7 Å². The molecule has 0 aromatic rings. The second kappa shape index (κ2) is 5.04. The Labute approximate surface area is 99.0 Å². The molecule has 0 aromatic heterocycles. The van der Waals surface area contributed by atoms with Crippen LogP contribution in [-0.2, 0) is 0 Å². The van der Waals surface area contributed by atoms with Gasteiger partial charge < -0.3 is 15.1 Å². The normalized spacial score (nSPS) is 20.2. The fourth-order valence-corrected chi connectivity index (χ4v) is 2.12. The predicted molar refractivity (Wildman–Crippen MR) is 66.5 cm³/mol. The van der Waals surface area contributed by atoms with Gasteiger partial charge in [-0.05, 0) is 18.9 Å². The standard InChI is InChI=1S/C12H25N3O/c1-12(2,3)10(13-4)9-15-8-6-7-14(5)11(15)16/h10,13H,6-9H2,1-5H3/t10-/m1/s1. The average Bonchev–Trinajstić information content (AvgIpc) is 2.18. The highest BCUT2D eigenvalue weighted by atomic mass is 16.2. The van der Waals surface area contributed by atoms with E-state index in [1.165, 1.54) is 0 Å². The van der Waals surface area contributed by atoms with Crippen molar-refractivity contribution < 1.29 is 4.79 Å². The number of nitrogens with one attached hydrogen (secondary N) is 1. The van der Waals surface area contributed by atoms with Crippen molar-refractivity contribution in [2.24, 2.45) is 5.41 Å². The molecule has 0 aromatic carbocycles. The highest BCUT2D eigenvalue weighted by Gasteiger charge is 2.29. The second-order valence-electron chi connectivity index (χ2n) is 5.71. The third kappa shape index (κ3) is 3.11. The minimum Gasteiger partial charge on any atom is -0.328 e. The molecule has 1 N–H and O–H groups in total. The molecule has 0 aliphatic carbocycles. The van der Waals surface area contributed by atoms with Gasteiger partial charge in [0.25, 0.3) is 0 Å². The topological polar surface area (TPSA) is 35.6 Å². The van der Waals surface area contributed by atoms with Gasteiger partial charge >= 0.3 is 6.03 Å². The Morgan fingerprint density at radius 3 is 2.50 bits per heavy atom. The molecule has 1 heterocycles. The number of hydrogen-bond acceptors (Lipinski definition) is 2. The number of rotatable bonds is 3. The van der Waals surface area contributed by atoms with Crippen molar-refractivity contribution in [1.82, 2.24) is 15.1 Å². The third-order valence-corrected chi connectivity index (χ3v) is 3.32. The summed E-state index contributed by atoms with van der Waals surface area (Å²) in [4.78, 5) is 15.7. The molecule has 1 fully saturated rings. The first-order valence-corrected chi connectivity index (χ1v) is 6.03. The summed E-state index contributed by atoms with van der Waals surface area (Å²) in [5.74, 6) is 0. The predicted octanol–water partition coefficient (Wildman–Crippen LogP) is 1.38. The van der Waals surface area contributed by atoms with Crippen molar-refractivity contribution in [2.45, 2.75) is 33.2 Å². The molecule has 0 unspecified atom stereocenters. The molecule has 1 aliphatic heterocycles. The van der Waals surface area contributed by atoms with Gasteiger partial charge in [0.15, 0.2) is 0 Å². The summed E-state index contributed by atoms with van der Waals surface area (Å²) in [5.41, 5.74) is 0.172. The molecule has 94 valence electrons. The number of amides is 2. The lowest BCUT2D eigenvalue weighted by Crippen LogP contribution is -2.54. The van der Waals surface area contributed by atoms with Crippen LogP contribution in [0, 0.1) is 5.41 Å². The lowest BCUT2D eigenvalue weighted by molar-refractivity contribution is 0.122. The van der Waals surface area contributed by atoms with E-state index in [0.717, 1.165) is 26.1 Å². The summed E-state index contributed by atoms with van der Waals surface area (Å²) in [6.07, 6.45) is 1.07. The van der Waals surface area contributed by atoms with Crippen molar-refractivity contribution in [3.05, 3.63) is 0 Å². The van der Waals surface area contributed by atoms with Gasteiger partial charge in [-0.1, -0.05) is 20.8 Å². The maximum absolute atomic E-state index is 11.9. The van der Waals surface area contributed by atoms with Crippen molar-refractivity contribution >= 4 is 6.03 Å². The van der Waals surface area contributed by atoms with E-state index in [2.05, 4.69) is 26.1 Å². The molecule has 2 amide bonds. The summed E-state index contributed by atoms with van der Waals surface area (Å²) < 4.78 is 0. The monoisotopic (exact) mass is 227 g/mol. The molecule has 1 rings (SSSR count). The molecule has 4 heteroatoms. The van der Waals surface area contributed by atoms with Crippen LogP contribution in [0.2, 0.25) is 0 Å². The van der Waals surface area contributed by atoms with Gasteiger partial charge in [-0.25, -0.2) is 4.79 Å². The molecule has 0 bridgehead atoms. The van der Waals surface area contributed by atoms with E-state index < -0.39 is 0 Å². The van der Waals surface area contributed by atoms with Gasteiger partial charge in [-0.15, -0.1) is 0 Å². The molecule has 4 nitrogen and oxygen atoms in total. The van der Waals surface area contributed by atoms with Crippen LogP contribution >= 0.6 is 0 Å². The van der Waals surface area contributed by atoms with Gasteiger partial charge in [0.2, 0.25) is 0 Å². The van der Waals surface area contributed by atoms with E-state index in [4.69, 9.17) is 0 Å². The summed E-state index contributed by atoms with van der Waals surface area (Å²) in [7, 11) is 3.84. The SMILES string of the molecule is CN[C@H](CN1CCCN(C)C1=O)C(C)(C)C. The van der Waals surface area contributed by atoms with Gasteiger partial charge in [-0.2, -0.15) is 0 Å². The lowest BCUT2D eigenvalue weighted by atomic mass is 9.86.